The van der Waals surface area contributed by atoms with Crippen LogP contribution in [0.2, 0.25) is 0 Å². The summed E-state index contributed by atoms with van der Waals surface area (Å²) in [6.07, 6.45) is 4.19. The molecule has 3 N–H and O–H groups in total. The van der Waals surface area contributed by atoms with Gasteiger partial charge in [-0.15, -0.1) is 0 Å². The maximum absolute atomic E-state index is 12.2. The molecule has 1 aliphatic rings. The van der Waals surface area contributed by atoms with Gasteiger partial charge in [0.05, 0.1) is 6.54 Å². The third-order valence-corrected chi connectivity index (χ3v) is 4.42. The van der Waals surface area contributed by atoms with Gasteiger partial charge in [0, 0.05) is 25.6 Å². The lowest BCUT2D eigenvalue weighted by Gasteiger charge is -2.35. The van der Waals surface area contributed by atoms with Crippen LogP contribution in [0.5, 0.6) is 0 Å². The van der Waals surface area contributed by atoms with Gasteiger partial charge in [0.15, 0.2) is 0 Å². The van der Waals surface area contributed by atoms with E-state index < -0.39 is 0 Å². The molecule has 1 aromatic carbocycles. The van der Waals surface area contributed by atoms with E-state index in [1.54, 1.807) is 0 Å². The van der Waals surface area contributed by atoms with Crippen molar-refractivity contribution in [2.24, 2.45) is 5.73 Å². The van der Waals surface area contributed by atoms with Gasteiger partial charge in [-0.1, -0.05) is 29.8 Å². The summed E-state index contributed by atoms with van der Waals surface area (Å²) in [6.45, 7) is 3.35. The van der Waals surface area contributed by atoms with Crippen LogP contribution in [-0.2, 0) is 16.0 Å². The zero-order chi connectivity index (χ0) is 16.7. The van der Waals surface area contributed by atoms with E-state index in [9.17, 15) is 9.59 Å². The zero-order valence-electron chi connectivity index (χ0n) is 13.9. The summed E-state index contributed by atoms with van der Waals surface area (Å²) in [5.41, 5.74) is 8.07. The average Bonchev–Trinajstić information content (AvgIpc) is 2.59. The molecule has 1 unspecified atom stereocenters. The normalized spacial score (nSPS) is 17.8. The highest BCUT2D eigenvalue weighted by atomic mass is 16.2. The van der Waals surface area contributed by atoms with E-state index >= 15 is 0 Å². The van der Waals surface area contributed by atoms with Gasteiger partial charge in [0.1, 0.15) is 0 Å². The highest BCUT2D eigenvalue weighted by Crippen LogP contribution is 2.15. The Morgan fingerprint density at radius 3 is 2.70 bits per heavy atom. The molecule has 0 radical (unpaired) electrons. The second-order valence-corrected chi connectivity index (χ2v) is 6.23. The summed E-state index contributed by atoms with van der Waals surface area (Å²) < 4.78 is 0. The molecular weight excluding hydrogens is 290 g/mol. The molecule has 1 heterocycles. The van der Waals surface area contributed by atoms with Gasteiger partial charge in [0.25, 0.3) is 0 Å². The Morgan fingerprint density at radius 1 is 1.26 bits per heavy atom. The van der Waals surface area contributed by atoms with Gasteiger partial charge in [-0.05, 0) is 38.2 Å². The van der Waals surface area contributed by atoms with Crippen LogP contribution >= 0.6 is 0 Å². The van der Waals surface area contributed by atoms with Gasteiger partial charge >= 0.3 is 0 Å². The summed E-state index contributed by atoms with van der Waals surface area (Å²) in [4.78, 5) is 26.0. The third kappa shape index (κ3) is 5.36. The van der Waals surface area contributed by atoms with E-state index in [0.29, 0.717) is 19.4 Å². The van der Waals surface area contributed by atoms with Crippen molar-refractivity contribution in [2.75, 3.05) is 19.6 Å². The smallest absolute Gasteiger partial charge is 0.242 e. The molecule has 2 amide bonds. The Bertz CT molecular complexity index is 528. The lowest BCUT2D eigenvalue weighted by molar-refractivity contribution is -0.135. The van der Waals surface area contributed by atoms with Crippen molar-refractivity contribution in [3.8, 4) is 0 Å². The number of carbonyl (C=O) groups excluding carboxylic acids is 2. The molecule has 1 aromatic rings. The van der Waals surface area contributed by atoms with Crippen LogP contribution in [0.4, 0.5) is 0 Å². The van der Waals surface area contributed by atoms with Crippen LogP contribution in [0, 0.1) is 6.92 Å². The molecule has 5 heteroatoms. The van der Waals surface area contributed by atoms with Crippen LogP contribution in [0.25, 0.3) is 0 Å². The number of nitrogens with one attached hydrogen (secondary N) is 1. The van der Waals surface area contributed by atoms with E-state index in [-0.39, 0.29) is 24.4 Å². The maximum atomic E-state index is 12.2. The number of carbonyl (C=O) groups is 2. The van der Waals surface area contributed by atoms with E-state index in [2.05, 4.69) is 5.32 Å². The predicted octanol–water partition coefficient (Wildman–Crippen LogP) is 1.38. The second kappa shape index (κ2) is 8.67. The molecule has 23 heavy (non-hydrogen) atoms. The van der Waals surface area contributed by atoms with Crippen LogP contribution in [0.1, 0.15) is 36.8 Å². The molecule has 126 valence electrons. The summed E-state index contributed by atoms with van der Waals surface area (Å²) in [6, 6.07) is 8.28. The fraction of sp³-hybridized carbons (Fsp3) is 0.556. The molecule has 2 rings (SSSR count). The molecule has 0 saturated carbocycles. The maximum Gasteiger partial charge on any atom is 0.242 e. The quantitative estimate of drug-likeness (QED) is 0.832. The highest BCUT2D eigenvalue weighted by molar-refractivity contribution is 5.85. The number of rotatable bonds is 6. The van der Waals surface area contributed by atoms with Crippen molar-refractivity contribution in [1.82, 2.24) is 10.2 Å². The molecule has 0 aromatic heterocycles. The minimum absolute atomic E-state index is 0.0242. The van der Waals surface area contributed by atoms with Gasteiger partial charge in [-0.3, -0.25) is 9.59 Å². The fourth-order valence-electron chi connectivity index (χ4n) is 2.95. The molecule has 1 atom stereocenters. The monoisotopic (exact) mass is 317 g/mol. The lowest BCUT2D eigenvalue weighted by atomic mass is 10.0. The van der Waals surface area contributed by atoms with Crippen LogP contribution in [0.3, 0.4) is 0 Å². The topological polar surface area (TPSA) is 75.4 Å². The average molecular weight is 317 g/mol. The molecule has 5 nitrogen and oxygen atoms in total. The Balaban J connectivity index is 1.73. The van der Waals surface area contributed by atoms with Crippen LogP contribution in [-0.4, -0.2) is 42.4 Å². The number of nitrogens with two attached hydrogens (primary N) is 1. The Labute approximate surface area is 138 Å². The predicted molar refractivity (Wildman–Crippen MR) is 90.9 cm³/mol. The number of benzene rings is 1. The number of aryl methyl sites for hydroxylation is 2. The standard InChI is InChI=1S/C18H27N3O2/c1-14-5-7-15(8-6-14)9-10-17(22)20-13-18(23)21-11-3-2-4-16(21)12-19/h5-8,16H,2-4,9-13,19H2,1H3,(H,20,22). The van der Waals surface area contributed by atoms with Gasteiger partial charge in [-0.2, -0.15) is 0 Å². The van der Waals surface area contributed by atoms with Crippen molar-refractivity contribution in [3.63, 3.8) is 0 Å². The van der Waals surface area contributed by atoms with E-state index in [4.69, 9.17) is 5.73 Å². The highest BCUT2D eigenvalue weighted by Gasteiger charge is 2.25. The molecule has 0 spiro atoms. The first kappa shape index (κ1) is 17.5. The lowest BCUT2D eigenvalue weighted by Crippen LogP contribution is -2.50. The molecule has 0 aliphatic carbocycles. The fourth-order valence-corrected chi connectivity index (χ4v) is 2.95. The summed E-state index contributed by atoms with van der Waals surface area (Å²) >= 11 is 0. The van der Waals surface area contributed by atoms with Crippen molar-refractivity contribution >= 4 is 11.8 Å². The van der Waals surface area contributed by atoms with Crippen LogP contribution in [0.15, 0.2) is 24.3 Å². The Hall–Kier alpha value is -1.88. The Kier molecular flexibility index (Phi) is 6.59. The van der Waals surface area contributed by atoms with Crippen molar-refractivity contribution < 1.29 is 9.59 Å². The van der Waals surface area contributed by atoms with Gasteiger partial charge in [0.2, 0.25) is 11.8 Å². The summed E-state index contributed by atoms with van der Waals surface area (Å²) in [5, 5.41) is 2.74. The molecular formula is C18H27N3O2. The SMILES string of the molecule is Cc1ccc(CCC(=O)NCC(=O)N2CCCCC2CN)cc1. The number of nitrogens with zero attached hydrogens (tertiary/aromatic N) is 1. The van der Waals surface area contributed by atoms with Crippen molar-refractivity contribution in [2.45, 2.75) is 45.1 Å². The number of amides is 2. The molecule has 1 fully saturated rings. The van der Waals surface area contributed by atoms with Gasteiger partial charge in [-0.25, -0.2) is 0 Å². The molecule has 1 saturated heterocycles. The van der Waals surface area contributed by atoms with E-state index in [1.165, 1.54) is 5.56 Å². The van der Waals surface area contributed by atoms with Crippen LogP contribution < -0.4 is 11.1 Å². The minimum atomic E-state index is -0.0831. The number of likely N-dealkylation sites (tertiary alicyclic amines) is 1. The Morgan fingerprint density at radius 2 is 2.00 bits per heavy atom. The van der Waals surface area contributed by atoms with Crippen molar-refractivity contribution in [1.29, 1.82) is 0 Å². The minimum Gasteiger partial charge on any atom is -0.347 e. The second-order valence-electron chi connectivity index (χ2n) is 6.23. The number of hydrogen-bond acceptors (Lipinski definition) is 3. The number of piperidine rings is 1. The third-order valence-electron chi connectivity index (χ3n) is 4.42. The first-order chi connectivity index (χ1) is 11.1. The molecule has 0 bridgehead atoms. The summed E-state index contributed by atoms with van der Waals surface area (Å²) in [5.74, 6) is -0.107. The van der Waals surface area contributed by atoms with E-state index in [1.807, 2.05) is 36.1 Å². The first-order valence-electron chi connectivity index (χ1n) is 8.42. The number of hydrogen-bond donors (Lipinski definition) is 2. The zero-order valence-corrected chi connectivity index (χ0v) is 13.9. The first-order valence-corrected chi connectivity index (χ1v) is 8.42. The van der Waals surface area contributed by atoms with Crippen molar-refractivity contribution in [3.05, 3.63) is 35.4 Å². The van der Waals surface area contributed by atoms with E-state index in [0.717, 1.165) is 31.4 Å². The summed E-state index contributed by atoms with van der Waals surface area (Å²) in [7, 11) is 0. The molecule has 1 aliphatic heterocycles. The van der Waals surface area contributed by atoms with Gasteiger partial charge < -0.3 is 16.0 Å². The largest absolute Gasteiger partial charge is 0.347 e.